The minimum Gasteiger partial charge on any atom is -0.258 e. The zero-order valence-electron chi connectivity index (χ0n) is 5.12. The summed E-state index contributed by atoms with van der Waals surface area (Å²) in [5.74, 6) is -2.40. The van der Waals surface area contributed by atoms with Crippen LogP contribution in [0.3, 0.4) is 0 Å². The Morgan fingerprint density at radius 3 is 2.18 bits per heavy atom. The fraction of sp³-hybridized carbons (Fsp3) is 0. The molecule has 0 saturated heterocycles. The number of rotatable bonds is 1. The van der Waals surface area contributed by atoms with Gasteiger partial charge in [0.05, 0.1) is 17.1 Å². The van der Waals surface area contributed by atoms with Crippen LogP contribution in [0.5, 0.6) is 0 Å². The Labute approximate surface area is 59.6 Å². The van der Waals surface area contributed by atoms with Crippen molar-refractivity contribution in [2.75, 3.05) is 0 Å². The average molecular weight is 160 g/mol. The molecular formula is C5H2F2N2O2. The second kappa shape index (κ2) is 2.57. The van der Waals surface area contributed by atoms with Gasteiger partial charge in [0.15, 0.2) is 0 Å². The first-order chi connectivity index (χ1) is 5.09. The third-order valence-electron chi connectivity index (χ3n) is 0.958. The largest absolute Gasteiger partial charge is 0.278 e. The third kappa shape index (κ3) is 1.66. The van der Waals surface area contributed by atoms with Crippen molar-refractivity contribution in [1.82, 2.24) is 4.98 Å². The van der Waals surface area contributed by atoms with Gasteiger partial charge in [0, 0.05) is 0 Å². The van der Waals surface area contributed by atoms with E-state index in [9.17, 15) is 18.9 Å². The molecule has 0 aromatic carbocycles. The molecule has 1 rings (SSSR count). The Morgan fingerprint density at radius 1 is 1.36 bits per heavy atom. The molecule has 0 saturated carbocycles. The van der Waals surface area contributed by atoms with E-state index in [0.29, 0.717) is 12.1 Å². The summed E-state index contributed by atoms with van der Waals surface area (Å²) in [4.78, 5) is 11.7. The summed E-state index contributed by atoms with van der Waals surface area (Å²) in [6.07, 6.45) is 0. The number of hydrogen-bond donors (Lipinski definition) is 0. The maximum atomic E-state index is 12.1. The molecule has 0 atom stereocenters. The van der Waals surface area contributed by atoms with Crippen molar-refractivity contribution in [1.29, 1.82) is 0 Å². The van der Waals surface area contributed by atoms with Crippen molar-refractivity contribution in [2.24, 2.45) is 0 Å². The van der Waals surface area contributed by atoms with E-state index in [1.54, 1.807) is 0 Å². The van der Waals surface area contributed by atoms with Gasteiger partial charge < -0.3 is 0 Å². The molecule has 0 aliphatic carbocycles. The van der Waals surface area contributed by atoms with E-state index in [4.69, 9.17) is 0 Å². The van der Waals surface area contributed by atoms with Crippen LogP contribution in [-0.4, -0.2) is 9.91 Å². The third-order valence-corrected chi connectivity index (χ3v) is 0.958. The summed E-state index contributed by atoms with van der Waals surface area (Å²) >= 11 is 0. The highest BCUT2D eigenvalue weighted by Gasteiger charge is 2.09. The van der Waals surface area contributed by atoms with Crippen molar-refractivity contribution in [2.45, 2.75) is 0 Å². The molecule has 0 fully saturated rings. The summed E-state index contributed by atoms with van der Waals surface area (Å²) in [6, 6.07) is 1.09. The predicted octanol–water partition coefficient (Wildman–Crippen LogP) is 1.27. The zero-order valence-corrected chi connectivity index (χ0v) is 5.12. The topological polar surface area (TPSA) is 56.0 Å². The fourth-order valence-corrected chi connectivity index (χ4v) is 0.558. The summed E-state index contributed by atoms with van der Waals surface area (Å²) in [7, 11) is 0. The van der Waals surface area contributed by atoms with E-state index in [0.717, 1.165) is 0 Å². The molecule has 0 aliphatic heterocycles. The monoisotopic (exact) mass is 160 g/mol. The molecule has 0 spiro atoms. The van der Waals surface area contributed by atoms with E-state index >= 15 is 0 Å². The molecular weight excluding hydrogens is 158 g/mol. The van der Waals surface area contributed by atoms with Crippen LogP contribution in [0.25, 0.3) is 0 Å². The number of pyridine rings is 1. The number of aromatic nitrogens is 1. The summed E-state index contributed by atoms with van der Waals surface area (Å²) in [5, 5.41) is 9.95. The number of nitro groups is 1. The van der Waals surface area contributed by atoms with Gasteiger partial charge in [-0.3, -0.25) is 10.1 Å². The molecule has 0 radical (unpaired) electrons. The standard InChI is InChI=1S/C5H2F2N2O2/c6-4-1-3(9(10)11)2-5(7)8-4/h1-2H. The second-order valence-corrected chi connectivity index (χ2v) is 1.73. The summed E-state index contributed by atoms with van der Waals surface area (Å²) in [5.41, 5.74) is -0.644. The highest BCUT2D eigenvalue weighted by Crippen LogP contribution is 2.11. The van der Waals surface area contributed by atoms with Crippen molar-refractivity contribution in [3.8, 4) is 0 Å². The molecule has 11 heavy (non-hydrogen) atoms. The average Bonchev–Trinajstić information content (AvgIpc) is 1.85. The van der Waals surface area contributed by atoms with Gasteiger partial charge in [-0.2, -0.15) is 13.8 Å². The van der Waals surface area contributed by atoms with Gasteiger partial charge in [0.2, 0.25) is 11.9 Å². The van der Waals surface area contributed by atoms with Gasteiger partial charge in [-0.1, -0.05) is 0 Å². The lowest BCUT2D eigenvalue weighted by Crippen LogP contribution is -1.93. The normalized spacial score (nSPS) is 9.64. The first-order valence-electron chi connectivity index (χ1n) is 2.57. The van der Waals surface area contributed by atoms with Gasteiger partial charge in [-0.25, -0.2) is 0 Å². The Hall–Kier alpha value is -1.59. The summed E-state index contributed by atoms with van der Waals surface area (Å²) in [6.45, 7) is 0. The first kappa shape index (κ1) is 7.52. The highest BCUT2D eigenvalue weighted by atomic mass is 19.1. The quantitative estimate of drug-likeness (QED) is 0.353. The molecule has 6 heteroatoms. The van der Waals surface area contributed by atoms with E-state index in [1.165, 1.54) is 0 Å². The SMILES string of the molecule is O=[N+]([O-])c1cc(F)nc(F)c1. The van der Waals surface area contributed by atoms with Gasteiger partial charge in [0.1, 0.15) is 0 Å². The van der Waals surface area contributed by atoms with Crippen LogP contribution in [0.15, 0.2) is 12.1 Å². The van der Waals surface area contributed by atoms with Gasteiger partial charge in [-0.15, -0.1) is 0 Å². The minimum atomic E-state index is -1.20. The Balaban J connectivity index is 3.19. The van der Waals surface area contributed by atoms with E-state index in [2.05, 4.69) is 4.98 Å². The molecule has 0 amide bonds. The van der Waals surface area contributed by atoms with E-state index in [-0.39, 0.29) is 0 Å². The smallest absolute Gasteiger partial charge is 0.258 e. The van der Waals surface area contributed by atoms with Gasteiger partial charge in [0.25, 0.3) is 5.69 Å². The lowest BCUT2D eigenvalue weighted by Gasteiger charge is -1.90. The van der Waals surface area contributed by atoms with E-state index in [1.807, 2.05) is 0 Å². The van der Waals surface area contributed by atoms with Crippen molar-refractivity contribution < 1.29 is 13.7 Å². The molecule has 58 valence electrons. The van der Waals surface area contributed by atoms with Crippen molar-refractivity contribution in [3.05, 3.63) is 34.1 Å². The molecule has 0 unspecified atom stereocenters. The van der Waals surface area contributed by atoms with Crippen LogP contribution in [-0.2, 0) is 0 Å². The van der Waals surface area contributed by atoms with Crippen molar-refractivity contribution in [3.63, 3.8) is 0 Å². The van der Waals surface area contributed by atoms with Crippen LogP contribution in [0.4, 0.5) is 14.5 Å². The molecule has 0 aliphatic rings. The summed E-state index contributed by atoms with van der Waals surface area (Å²) < 4.78 is 24.3. The molecule has 1 aromatic rings. The maximum Gasteiger partial charge on any atom is 0.278 e. The molecule has 1 heterocycles. The van der Waals surface area contributed by atoms with Crippen molar-refractivity contribution >= 4 is 5.69 Å². The first-order valence-corrected chi connectivity index (χ1v) is 2.57. The maximum absolute atomic E-state index is 12.1. The number of halogens is 2. The Bertz CT molecular complexity index is 282. The molecule has 4 nitrogen and oxygen atoms in total. The zero-order chi connectivity index (χ0) is 8.43. The number of nitrogens with zero attached hydrogens (tertiary/aromatic N) is 2. The van der Waals surface area contributed by atoms with Crippen LogP contribution in [0.1, 0.15) is 0 Å². The van der Waals surface area contributed by atoms with E-state index < -0.39 is 22.5 Å². The minimum absolute atomic E-state index is 0.545. The predicted molar refractivity (Wildman–Crippen MR) is 30.8 cm³/mol. The van der Waals surface area contributed by atoms with Crippen LogP contribution < -0.4 is 0 Å². The number of hydrogen-bond acceptors (Lipinski definition) is 3. The van der Waals surface area contributed by atoms with Gasteiger partial charge in [-0.05, 0) is 0 Å². The van der Waals surface area contributed by atoms with Gasteiger partial charge >= 0.3 is 0 Å². The lowest BCUT2D eigenvalue weighted by molar-refractivity contribution is -0.385. The van der Waals surface area contributed by atoms with Crippen LogP contribution in [0.2, 0.25) is 0 Å². The molecule has 0 bridgehead atoms. The van der Waals surface area contributed by atoms with Crippen LogP contribution in [0, 0.1) is 22.0 Å². The fourth-order valence-electron chi connectivity index (χ4n) is 0.558. The lowest BCUT2D eigenvalue weighted by atomic mass is 10.4. The van der Waals surface area contributed by atoms with Crippen LogP contribution >= 0.6 is 0 Å². The Kier molecular flexibility index (Phi) is 1.75. The second-order valence-electron chi connectivity index (χ2n) is 1.73. The molecule has 0 N–H and O–H groups in total. The molecule has 1 aromatic heterocycles. The Morgan fingerprint density at radius 2 is 1.82 bits per heavy atom. The highest BCUT2D eigenvalue weighted by molar-refractivity contribution is 5.26.